The van der Waals surface area contributed by atoms with Gasteiger partial charge in [-0.1, -0.05) is 11.6 Å². The summed E-state index contributed by atoms with van der Waals surface area (Å²) < 4.78 is 3.00. The molecule has 0 radical (unpaired) electrons. The molecule has 0 fully saturated rings. The number of nitrogens with two attached hydrogens (primary N) is 1. The Balaban J connectivity index is 2.34. The summed E-state index contributed by atoms with van der Waals surface area (Å²) in [7, 11) is 0. The number of hydrogen-bond donors (Lipinski definition) is 2. The third kappa shape index (κ3) is 1.66. The van der Waals surface area contributed by atoms with Crippen LogP contribution in [-0.4, -0.2) is 20.9 Å². The average Bonchev–Trinajstić information content (AvgIpc) is 2.77. The van der Waals surface area contributed by atoms with Crippen molar-refractivity contribution in [2.45, 2.75) is 6.42 Å². The average molecular weight is 314 g/mol. The number of H-pyrrole nitrogens is 1. The molecule has 0 unspecified atom stereocenters. The van der Waals surface area contributed by atoms with Gasteiger partial charge in [0, 0.05) is 11.4 Å². The normalized spacial score (nSPS) is 11.7. The van der Waals surface area contributed by atoms with E-state index in [1.54, 1.807) is 0 Å². The van der Waals surface area contributed by atoms with Gasteiger partial charge in [0.05, 0.1) is 16.7 Å². The summed E-state index contributed by atoms with van der Waals surface area (Å²) in [6.45, 7) is 0.603. The van der Waals surface area contributed by atoms with E-state index in [9.17, 15) is 0 Å². The number of rotatable bonds is 2. The van der Waals surface area contributed by atoms with Crippen LogP contribution in [0.3, 0.4) is 0 Å². The molecule has 0 atom stereocenters. The summed E-state index contributed by atoms with van der Waals surface area (Å²) in [5.74, 6) is 0.803. The maximum atomic E-state index is 5.95. The van der Waals surface area contributed by atoms with Gasteiger partial charge in [-0.25, -0.2) is 4.98 Å². The highest BCUT2D eigenvalue weighted by Crippen LogP contribution is 2.26. The van der Waals surface area contributed by atoms with Crippen LogP contribution in [0.4, 0.5) is 0 Å². The number of halogens is 2. The van der Waals surface area contributed by atoms with Gasteiger partial charge in [0.2, 0.25) is 5.78 Å². The molecule has 0 bridgehead atoms. The Hall–Kier alpha value is -1.04. The lowest BCUT2D eigenvalue weighted by Crippen LogP contribution is -2.03. The summed E-state index contributed by atoms with van der Waals surface area (Å²) >= 11 is 9.52. The Morgan fingerprint density at radius 3 is 3.06 bits per heavy atom. The minimum atomic E-state index is 0.603. The van der Waals surface area contributed by atoms with Gasteiger partial charge < -0.3 is 10.7 Å². The van der Waals surface area contributed by atoms with Crippen LogP contribution in [0.1, 0.15) is 5.69 Å². The Bertz CT molecular complexity index is 700. The second kappa shape index (κ2) is 4.01. The standard InChI is InChI=1S/C11H10BrClN4/c12-10-7(3-4-14)15-11-16-8-5-6(13)1-2-9(8)17(10)11/h1-2,5H,3-4,14H2,(H,15,16). The van der Waals surface area contributed by atoms with Crippen LogP contribution in [-0.2, 0) is 6.42 Å². The molecule has 2 aromatic heterocycles. The molecule has 0 spiro atoms. The number of imidazole rings is 2. The van der Waals surface area contributed by atoms with Gasteiger partial charge in [-0.05, 0) is 40.7 Å². The Morgan fingerprint density at radius 1 is 1.47 bits per heavy atom. The van der Waals surface area contributed by atoms with E-state index in [0.29, 0.717) is 11.6 Å². The van der Waals surface area contributed by atoms with Crippen molar-refractivity contribution in [2.24, 2.45) is 5.73 Å². The topological polar surface area (TPSA) is 59.1 Å². The first-order valence-electron chi connectivity index (χ1n) is 5.25. The largest absolute Gasteiger partial charge is 0.330 e. The highest BCUT2D eigenvalue weighted by atomic mass is 79.9. The van der Waals surface area contributed by atoms with E-state index in [1.807, 2.05) is 22.6 Å². The number of nitrogens with zero attached hydrogens (tertiary/aromatic N) is 2. The zero-order valence-corrected chi connectivity index (χ0v) is 11.2. The molecular weight excluding hydrogens is 304 g/mol. The summed E-state index contributed by atoms with van der Waals surface area (Å²) in [4.78, 5) is 7.75. The van der Waals surface area contributed by atoms with E-state index in [0.717, 1.165) is 33.5 Å². The molecule has 88 valence electrons. The number of benzene rings is 1. The fraction of sp³-hybridized carbons (Fsp3) is 0.182. The van der Waals surface area contributed by atoms with E-state index in [2.05, 4.69) is 25.9 Å². The lowest BCUT2D eigenvalue weighted by atomic mass is 10.3. The second-order valence-electron chi connectivity index (χ2n) is 3.84. The molecule has 0 saturated heterocycles. The highest BCUT2D eigenvalue weighted by Gasteiger charge is 2.13. The number of aromatic nitrogens is 3. The fourth-order valence-electron chi connectivity index (χ4n) is 1.97. The Kier molecular flexibility index (Phi) is 2.61. The maximum absolute atomic E-state index is 5.95. The molecule has 0 amide bonds. The van der Waals surface area contributed by atoms with Gasteiger partial charge in [-0.15, -0.1) is 0 Å². The van der Waals surface area contributed by atoms with Crippen molar-refractivity contribution in [2.75, 3.05) is 6.54 Å². The molecule has 0 aliphatic rings. The van der Waals surface area contributed by atoms with E-state index >= 15 is 0 Å². The molecule has 3 rings (SSSR count). The summed E-state index contributed by atoms with van der Waals surface area (Å²) in [6.07, 6.45) is 0.791. The zero-order valence-electron chi connectivity index (χ0n) is 8.87. The fourth-order valence-corrected chi connectivity index (χ4v) is 2.79. The van der Waals surface area contributed by atoms with Crippen LogP contribution in [0.5, 0.6) is 0 Å². The minimum absolute atomic E-state index is 0.603. The van der Waals surface area contributed by atoms with Gasteiger partial charge in [0.25, 0.3) is 0 Å². The van der Waals surface area contributed by atoms with Crippen LogP contribution >= 0.6 is 27.5 Å². The predicted molar refractivity (Wildman–Crippen MR) is 72.5 cm³/mol. The summed E-state index contributed by atoms with van der Waals surface area (Å²) in [5, 5.41) is 0.691. The SMILES string of the molecule is NCCc1[nH]c2nc3cc(Cl)ccc3n2c1Br. The summed E-state index contributed by atoms with van der Waals surface area (Å²) in [6, 6.07) is 5.68. The molecule has 1 aromatic carbocycles. The van der Waals surface area contributed by atoms with E-state index < -0.39 is 0 Å². The zero-order chi connectivity index (χ0) is 12.0. The van der Waals surface area contributed by atoms with Crippen LogP contribution in [0.15, 0.2) is 22.8 Å². The van der Waals surface area contributed by atoms with Crippen molar-refractivity contribution < 1.29 is 0 Å². The van der Waals surface area contributed by atoms with Crippen molar-refractivity contribution >= 4 is 44.3 Å². The lowest BCUT2D eigenvalue weighted by Gasteiger charge is -1.96. The number of nitrogens with one attached hydrogen (secondary N) is 1. The molecular formula is C11H10BrClN4. The molecule has 17 heavy (non-hydrogen) atoms. The third-order valence-corrected chi connectivity index (χ3v) is 3.79. The molecule has 0 aliphatic heterocycles. The van der Waals surface area contributed by atoms with Crippen molar-refractivity contribution in [3.8, 4) is 0 Å². The Morgan fingerprint density at radius 2 is 2.29 bits per heavy atom. The monoisotopic (exact) mass is 312 g/mol. The van der Waals surface area contributed by atoms with Crippen molar-refractivity contribution in [3.63, 3.8) is 0 Å². The van der Waals surface area contributed by atoms with Gasteiger partial charge >= 0.3 is 0 Å². The van der Waals surface area contributed by atoms with Crippen LogP contribution in [0.25, 0.3) is 16.8 Å². The van der Waals surface area contributed by atoms with Gasteiger partial charge in [-0.2, -0.15) is 0 Å². The quantitative estimate of drug-likeness (QED) is 0.764. The van der Waals surface area contributed by atoms with Crippen molar-refractivity contribution in [1.29, 1.82) is 0 Å². The van der Waals surface area contributed by atoms with Gasteiger partial charge in [0.15, 0.2) is 0 Å². The Labute approximate surface area is 111 Å². The maximum Gasteiger partial charge on any atom is 0.213 e. The first-order chi connectivity index (χ1) is 8.20. The molecule has 2 heterocycles. The third-order valence-electron chi connectivity index (χ3n) is 2.72. The molecule has 4 nitrogen and oxygen atoms in total. The first kappa shape index (κ1) is 11.1. The smallest absolute Gasteiger partial charge is 0.213 e. The van der Waals surface area contributed by atoms with Crippen LogP contribution in [0, 0.1) is 0 Å². The minimum Gasteiger partial charge on any atom is -0.330 e. The lowest BCUT2D eigenvalue weighted by molar-refractivity contribution is 0.928. The molecule has 3 N–H and O–H groups in total. The molecule has 3 aromatic rings. The van der Waals surface area contributed by atoms with Crippen molar-refractivity contribution in [1.82, 2.24) is 14.4 Å². The van der Waals surface area contributed by atoms with Gasteiger partial charge in [-0.3, -0.25) is 4.40 Å². The van der Waals surface area contributed by atoms with Crippen LogP contribution in [0.2, 0.25) is 5.02 Å². The molecule has 6 heteroatoms. The predicted octanol–water partition coefficient (Wildman–Crippen LogP) is 2.73. The van der Waals surface area contributed by atoms with Crippen molar-refractivity contribution in [3.05, 3.63) is 33.5 Å². The first-order valence-corrected chi connectivity index (χ1v) is 6.42. The second-order valence-corrected chi connectivity index (χ2v) is 5.02. The molecule has 0 saturated carbocycles. The molecule has 0 aliphatic carbocycles. The number of fused-ring (bicyclic) bond motifs is 3. The summed E-state index contributed by atoms with van der Waals surface area (Å²) in [5.41, 5.74) is 8.53. The number of hydrogen-bond acceptors (Lipinski definition) is 2. The number of aromatic amines is 1. The van der Waals surface area contributed by atoms with E-state index in [1.165, 1.54) is 0 Å². The van der Waals surface area contributed by atoms with Gasteiger partial charge in [0.1, 0.15) is 4.60 Å². The highest BCUT2D eigenvalue weighted by molar-refractivity contribution is 9.10. The van der Waals surface area contributed by atoms with E-state index in [4.69, 9.17) is 17.3 Å². The van der Waals surface area contributed by atoms with Crippen LogP contribution < -0.4 is 5.73 Å². The van der Waals surface area contributed by atoms with E-state index in [-0.39, 0.29) is 0 Å².